The van der Waals surface area contributed by atoms with Crippen LogP contribution < -0.4 is 0 Å². The van der Waals surface area contributed by atoms with E-state index in [2.05, 4.69) is 37.5 Å². The predicted octanol–water partition coefficient (Wildman–Crippen LogP) is 1.95. The summed E-state index contributed by atoms with van der Waals surface area (Å²) in [7, 11) is 0. The van der Waals surface area contributed by atoms with E-state index in [9.17, 15) is 0 Å². The minimum Gasteiger partial charge on any atom is -0.300 e. The first kappa shape index (κ1) is 10.1. The molecule has 3 fully saturated rings. The molecule has 1 saturated carbocycles. The standard InChI is InChI=1S/C13H24N2/c1-10-7-13(9-14-5-6-14)8-11(13)15(10)12(2,3)4/h10-11H,5-9H2,1-4H3/t10-,11?,13+/m1/s1. The Hall–Kier alpha value is -0.0800. The van der Waals surface area contributed by atoms with E-state index in [1.165, 1.54) is 32.5 Å². The zero-order chi connectivity index (χ0) is 10.8. The van der Waals surface area contributed by atoms with Crippen LogP contribution in [0.1, 0.15) is 40.5 Å². The van der Waals surface area contributed by atoms with Gasteiger partial charge in [-0.2, -0.15) is 0 Å². The average molecular weight is 208 g/mol. The SMILES string of the molecule is C[C@@H]1C[C@@]2(CN3CC3)CC2N1C(C)(C)C. The van der Waals surface area contributed by atoms with Crippen LogP contribution in [0.3, 0.4) is 0 Å². The molecule has 2 saturated heterocycles. The molecule has 0 aromatic heterocycles. The van der Waals surface area contributed by atoms with Gasteiger partial charge in [-0.1, -0.05) is 0 Å². The van der Waals surface area contributed by atoms with E-state index in [0.717, 1.165) is 12.1 Å². The van der Waals surface area contributed by atoms with Crippen LogP contribution in [0.25, 0.3) is 0 Å². The summed E-state index contributed by atoms with van der Waals surface area (Å²) in [5.74, 6) is 0. The molecule has 2 heteroatoms. The highest BCUT2D eigenvalue weighted by Crippen LogP contribution is 2.61. The van der Waals surface area contributed by atoms with Crippen molar-refractivity contribution in [1.82, 2.24) is 9.80 Å². The van der Waals surface area contributed by atoms with Crippen LogP contribution in [0.5, 0.6) is 0 Å². The Morgan fingerprint density at radius 1 is 1.20 bits per heavy atom. The second kappa shape index (κ2) is 2.78. The summed E-state index contributed by atoms with van der Waals surface area (Å²) in [6.07, 6.45) is 2.90. The molecule has 2 aliphatic heterocycles. The van der Waals surface area contributed by atoms with Gasteiger partial charge in [-0.05, 0) is 40.5 Å². The number of hydrogen-bond acceptors (Lipinski definition) is 2. The molecule has 86 valence electrons. The largest absolute Gasteiger partial charge is 0.300 e. The topological polar surface area (TPSA) is 6.25 Å². The highest BCUT2D eigenvalue weighted by atomic mass is 15.3. The Kier molecular flexibility index (Phi) is 1.87. The van der Waals surface area contributed by atoms with Gasteiger partial charge < -0.3 is 4.90 Å². The molecular weight excluding hydrogens is 184 g/mol. The van der Waals surface area contributed by atoms with E-state index < -0.39 is 0 Å². The highest BCUT2D eigenvalue weighted by Gasteiger charge is 2.65. The van der Waals surface area contributed by atoms with E-state index in [1.807, 2.05) is 0 Å². The van der Waals surface area contributed by atoms with Gasteiger partial charge in [0.2, 0.25) is 0 Å². The maximum atomic E-state index is 2.77. The Bertz CT molecular complexity index is 277. The van der Waals surface area contributed by atoms with Crippen molar-refractivity contribution in [3.05, 3.63) is 0 Å². The third-order valence-corrected chi connectivity index (χ3v) is 4.51. The van der Waals surface area contributed by atoms with Gasteiger partial charge in [-0.3, -0.25) is 4.90 Å². The molecule has 3 rings (SSSR count). The van der Waals surface area contributed by atoms with Crippen LogP contribution >= 0.6 is 0 Å². The van der Waals surface area contributed by atoms with Crippen molar-refractivity contribution in [2.45, 2.75) is 58.2 Å². The molecule has 3 atom stereocenters. The lowest BCUT2D eigenvalue weighted by molar-refractivity contribution is 0.104. The van der Waals surface area contributed by atoms with Crippen LogP contribution in [0.2, 0.25) is 0 Å². The van der Waals surface area contributed by atoms with E-state index >= 15 is 0 Å². The molecule has 0 radical (unpaired) electrons. The van der Waals surface area contributed by atoms with Crippen LogP contribution in [0.4, 0.5) is 0 Å². The summed E-state index contributed by atoms with van der Waals surface area (Å²) < 4.78 is 0. The quantitative estimate of drug-likeness (QED) is 0.640. The van der Waals surface area contributed by atoms with Crippen molar-refractivity contribution in [1.29, 1.82) is 0 Å². The maximum Gasteiger partial charge on any atom is 0.0179 e. The molecular formula is C13H24N2. The number of nitrogens with zero attached hydrogens (tertiary/aromatic N) is 2. The summed E-state index contributed by atoms with van der Waals surface area (Å²) in [4.78, 5) is 5.38. The number of fused-ring (bicyclic) bond motifs is 1. The summed E-state index contributed by atoms with van der Waals surface area (Å²) in [6, 6.07) is 1.69. The smallest absolute Gasteiger partial charge is 0.0179 e. The van der Waals surface area contributed by atoms with E-state index in [-0.39, 0.29) is 0 Å². The number of piperidine rings is 1. The van der Waals surface area contributed by atoms with Crippen LogP contribution in [-0.2, 0) is 0 Å². The van der Waals surface area contributed by atoms with E-state index in [0.29, 0.717) is 11.0 Å². The fraction of sp³-hybridized carbons (Fsp3) is 1.00. The summed E-state index contributed by atoms with van der Waals surface area (Å²) in [5.41, 5.74) is 1.06. The van der Waals surface area contributed by atoms with Crippen LogP contribution in [0.15, 0.2) is 0 Å². The Morgan fingerprint density at radius 3 is 2.33 bits per heavy atom. The van der Waals surface area contributed by atoms with Gasteiger partial charge in [0.05, 0.1) is 0 Å². The fourth-order valence-corrected chi connectivity index (χ4v) is 3.97. The zero-order valence-electron chi connectivity index (χ0n) is 10.6. The van der Waals surface area contributed by atoms with Crippen molar-refractivity contribution in [3.8, 4) is 0 Å². The van der Waals surface area contributed by atoms with Gasteiger partial charge in [0.25, 0.3) is 0 Å². The van der Waals surface area contributed by atoms with Crippen molar-refractivity contribution in [2.75, 3.05) is 19.6 Å². The minimum atomic E-state index is 0.362. The molecule has 2 heterocycles. The van der Waals surface area contributed by atoms with Gasteiger partial charge >= 0.3 is 0 Å². The molecule has 3 aliphatic rings. The Morgan fingerprint density at radius 2 is 1.87 bits per heavy atom. The van der Waals surface area contributed by atoms with Gasteiger partial charge in [-0.25, -0.2) is 0 Å². The lowest BCUT2D eigenvalue weighted by atomic mass is 9.99. The highest BCUT2D eigenvalue weighted by molar-refractivity contribution is 5.19. The molecule has 15 heavy (non-hydrogen) atoms. The first-order chi connectivity index (χ1) is 6.92. The summed E-state index contributed by atoms with van der Waals surface area (Å²) >= 11 is 0. The monoisotopic (exact) mass is 208 g/mol. The molecule has 0 spiro atoms. The molecule has 1 unspecified atom stereocenters. The molecule has 0 aromatic carbocycles. The number of likely N-dealkylation sites (tertiary alicyclic amines) is 1. The van der Waals surface area contributed by atoms with Crippen molar-refractivity contribution in [2.24, 2.45) is 5.41 Å². The normalized spacial score (nSPS) is 45.6. The first-order valence-corrected chi connectivity index (χ1v) is 6.43. The molecule has 0 bridgehead atoms. The lowest BCUT2D eigenvalue weighted by Crippen LogP contribution is -2.45. The zero-order valence-corrected chi connectivity index (χ0v) is 10.6. The van der Waals surface area contributed by atoms with Crippen molar-refractivity contribution in [3.63, 3.8) is 0 Å². The lowest BCUT2D eigenvalue weighted by Gasteiger charge is -2.37. The molecule has 1 aliphatic carbocycles. The minimum absolute atomic E-state index is 0.362. The number of rotatable bonds is 2. The molecule has 0 aromatic rings. The summed E-state index contributed by atoms with van der Waals surface area (Å²) in [6.45, 7) is 13.6. The molecule has 0 N–H and O–H groups in total. The predicted molar refractivity (Wildman–Crippen MR) is 62.9 cm³/mol. The van der Waals surface area contributed by atoms with Gasteiger partial charge in [0.1, 0.15) is 0 Å². The second-order valence-electron chi connectivity index (χ2n) is 6.99. The fourth-order valence-electron chi connectivity index (χ4n) is 3.97. The molecule has 0 amide bonds. The Balaban J connectivity index is 1.74. The third-order valence-electron chi connectivity index (χ3n) is 4.51. The van der Waals surface area contributed by atoms with Crippen LogP contribution in [0, 0.1) is 5.41 Å². The number of hydrogen-bond donors (Lipinski definition) is 0. The van der Waals surface area contributed by atoms with Gasteiger partial charge in [-0.15, -0.1) is 0 Å². The van der Waals surface area contributed by atoms with Crippen molar-refractivity contribution < 1.29 is 0 Å². The molecule has 2 nitrogen and oxygen atoms in total. The van der Waals surface area contributed by atoms with E-state index in [1.54, 1.807) is 0 Å². The van der Waals surface area contributed by atoms with Gasteiger partial charge in [0.15, 0.2) is 0 Å². The van der Waals surface area contributed by atoms with E-state index in [4.69, 9.17) is 0 Å². The summed E-state index contributed by atoms with van der Waals surface area (Å²) in [5, 5.41) is 0. The van der Waals surface area contributed by atoms with Gasteiger partial charge in [0, 0.05) is 42.7 Å². The van der Waals surface area contributed by atoms with Crippen LogP contribution in [-0.4, -0.2) is 47.1 Å². The average Bonchev–Trinajstić information content (AvgIpc) is 2.92. The Labute approximate surface area is 93.6 Å². The maximum absolute atomic E-state index is 2.77. The third kappa shape index (κ3) is 1.53. The van der Waals surface area contributed by atoms with Crippen molar-refractivity contribution >= 4 is 0 Å². The first-order valence-electron chi connectivity index (χ1n) is 6.43. The second-order valence-corrected chi connectivity index (χ2v) is 6.99.